The highest BCUT2D eigenvalue weighted by Crippen LogP contribution is 2.45. The number of methoxy groups -OCH3 is 1. The van der Waals surface area contributed by atoms with E-state index in [1.54, 1.807) is 62.6 Å². The van der Waals surface area contributed by atoms with Gasteiger partial charge in [-0.2, -0.15) is 0 Å². The van der Waals surface area contributed by atoms with Gasteiger partial charge in [-0.1, -0.05) is 11.3 Å². The second kappa shape index (κ2) is 8.92. The largest absolute Gasteiger partial charge is 0.507 e. The molecule has 1 atom stereocenters. The highest BCUT2D eigenvalue weighted by Gasteiger charge is 2.49. The summed E-state index contributed by atoms with van der Waals surface area (Å²) < 4.78 is 17.4. The van der Waals surface area contributed by atoms with Crippen molar-refractivity contribution >= 4 is 44.1 Å². The van der Waals surface area contributed by atoms with Crippen LogP contribution >= 0.6 is 11.3 Å². The molecule has 2 aromatic heterocycles. The summed E-state index contributed by atoms with van der Waals surface area (Å²) >= 11 is 1.25. The van der Waals surface area contributed by atoms with Crippen molar-refractivity contribution in [3.05, 3.63) is 77.3 Å². The number of anilines is 1. The van der Waals surface area contributed by atoms with Gasteiger partial charge in [-0.3, -0.25) is 14.5 Å². The van der Waals surface area contributed by atoms with Crippen LogP contribution in [0.4, 0.5) is 5.13 Å². The van der Waals surface area contributed by atoms with Crippen LogP contribution in [0.1, 0.15) is 30.0 Å². The number of aryl methyl sites for hydroxylation is 1. The molecule has 1 aliphatic heterocycles. The van der Waals surface area contributed by atoms with Gasteiger partial charge in [-0.05, 0) is 68.4 Å². The molecule has 4 aromatic rings. The van der Waals surface area contributed by atoms with Crippen LogP contribution in [0.5, 0.6) is 11.5 Å². The molecular formula is C26H22N2O6S. The molecule has 1 unspecified atom stereocenters. The molecule has 1 amide bonds. The van der Waals surface area contributed by atoms with Crippen LogP contribution in [0.15, 0.2) is 64.6 Å². The van der Waals surface area contributed by atoms with Crippen molar-refractivity contribution in [2.45, 2.75) is 19.9 Å². The van der Waals surface area contributed by atoms with Crippen LogP contribution in [0.25, 0.3) is 16.0 Å². The third-order valence-electron chi connectivity index (χ3n) is 5.70. The molecule has 9 heteroatoms. The molecule has 178 valence electrons. The number of nitrogens with zero attached hydrogens (tertiary/aromatic N) is 2. The molecule has 1 saturated heterocycles. The van der Waals surface area contributed by atoms with Gasteiger partial charge in [0.05, 0.1) is 29.5 Å². The topological polar surface area (TPSA) is 102 Å². The Bertz CT molecular complexity index is 1470. The molecule has 0 saturated carbocycles. The number of hydrogen-bond acceptors (Lipinski definition) is 8. The van der Waals surface area contributed by atoms with Crippen molar-refractivity contribution in [2.75, 3.05) is 18.6 Å². The predicted octanol–water partition coefficient (Wildman–Crippen LogP) is 5.23. The van der Waals surface area contributed by atoms with Crippen LogP contribution in [0, 0.1) is 6.92 Å². The Kier molecular flexibility index (Phi) is 5.78. The van der Waals surface area contributed by atoms with Gasteiger partial charge in [-0.15, -0.1) is 0 Å². The number of fused-ring (bicyclic) bond motifs is 1. The molecule has 0 spiro atoms. The number of aliphatic hydroxyl groups excluding tert-OH is 1. The van der Waals surface area contributed by atoms with Crippen LogP contribution in [-0.4, -0.2) is 35.5 Å². The fourth-order valence-electron chi connectivity index (χ4n) is 4.05. The number of rotatable bonds is 6. The fraction of sp³-hybridized carbons (Fsp3) is 0.192. The molecule has 2 aromatic carbocycles. The quantitative estimate of drug-likeness (QED) is 0.224. The number of benzene rings is 2. The summed E-state index contributed by atoms with van der Waals surface area (Å²) in [6, 6.07) is 14.5. The number of aromatic nitrogens is 1. The highest BCUT2D eigenvalue weighted by atomic mass is 32.1. The van der Waals surface area contributed by atoms with Gasteiger partial charge in [0, 0.05) is 5.56 Å². The molecule has 0 aliphatic carbocycles. The molecule has 0 bridgehead atoms. The zero-order valence-electron chi connectivity index (χ0n) is 19.3. The minimum atomic E-state index is -0.974. The van der Waals surface area contributed by atoms with E-state index in [0.29, 0.717) is 45.8 Å². The Hall–Kier alpha value is -4.11. The summed E-state index contributed by atoms with van der Waals surface area (Å²) in [4.78, 5) is 32.4. The van der Waals surface area contributed by atoms with Crippen LogP contribution in [0.2, 0.25) is 0 Å². The van der Waals surface area contributed by atoms with Crippen LogP contribution in [-0.2, 0) is 9.59 Å². The number of amides is 1. The third kappa shape index (κ3) is 3.93. The van der Waals surface area contributed by atoms with Crippen LogP contribution in [0.3, 0.4) is 0 Å². The lowest BCUT2D eigenvalue weighted by Gasteiger charge is -2.20. The number of hydrogen-bond donors (Lipinski definition) is 1. The number of carbonyl (C=O) groups excluding carboxylic acids is 2. The average Bonchev–Trinajstić information content (AvgIpc) is 3.54. The van der Waals surface area contributed by atoms with Gasteiger partial charge >= 0.3 is 5.91 Å². The van der Waals surface area contributed by atoms with E-state index in [2.05, 4.69) is 4.98 Å². The summed E-state index contributed by atoms with van der Waals surface area (Å²) in [6.07, 6.45) is 0. The van der Waals surface area contributed by atoms with E-state index in [1.165, 1.54) is 16.2 Å². The summed E-state index contributed by atoms with van der Waals surface area (Å²) in [7, 11) is 1.57. The minimum absolute atomic E-state index is 0.0645. The van der Waals surface area contributed by atoms with E-state index in [-0.39, 0.29) is 11.3 Å². The van der Waals surface area contributed by atoms with Gasteiger partial charge in [0.1, 0.15) is 34.8 Å². The minimum Gasteiger partial charge on any atom is -0.507 e. The van der Waals surface area contributed by atoms with Crippen molar-refractivity contribution < 1.29 is 28.6 Å². The first-order chi connectivity index (χ1) is 16.9. The Labute approximate surface area is 205 Å². The average molecular weight is 491 g/mol. The monoisotopic (exact) mass is 490 g/mol. The molecule has 35 heavy (non-hydrogen) atoms. The molecule has 1 fully saturated rings. The maximum Gasteiger partial charge on any atom is 0.302 e. The number of furan rings is 1. The van der Waals surface area contributed by atoms with Crippen molar-refractivity contribution in [3.8, 4) is 11.5 Å². The Morgan fingerprint density at radius 2 is 1.86 bits per heavy atom. The highest BCUT2D eigenvalue weighted by molar-refractivity contribution is 7.22. The first-order valence-corrected chi connectivity index (χ1v) is 11.8. The van der Waals surface area contributed by atoms with Crippen LogP contribution < -0.4 is 14.4 Å². The molecule has 1 aliphatic rings. The maximum absolute atomic E-state index is 13.3. The molecule has 8 nitrogen and oxygen atoms in total. The third-order valence-corrected chi connectivity index (χ3v) is 6.72. The number of ketones is 1. The van der Waals surface area contributed by atoms with E-state index in [4.69, 9.17) is 13.9 Å². The lowest BCUT2D eigenvalue weighted by Crippen LogP contribution is -2.29. The van der Waals surface area contributed by atoms with Gasteiger partial charge < -0.3 is 19.0 Å². The molecule has 0 radical (unpaired) electrons. The smallest absolute Gasteiger partial charge is 0.302 e. The molecule has 3 heterocycles. The Balaban J connectivity index is 1.66. The second-order valence-electron chi connectivity index (χ2n) is 7.90. The van der Waals surface area contributed by atoms with E-state index >= 15 is 0 Å². The summed E-state index contributed by atoms with van der Waals surface area (Å²) in [6.45, 7) is 4.15. The zero-order chi connectivity index (χ0) is 24.7. The number of ether oxygens (including phenoxy) is 2. The molecule has 5 rings (SSSR count). The van der Waals surface area contributed by atoms with E-state index in [1.807, 2.05) is 13.0 Å². The first-order valence-electron chi connectivity index (χ1n) is 11.0. The summed E-state index contributed by atoms with van der Waals surface area (Å²) in [5.41, 5.74) is 0.979. The van der Waals surface area contributed by atoms with Gasteiger partial charge in [0.25, 0.3) is 5.78 Å². The lowest BCUT2D eigenvalue weighted by molar-refractivity contribution is -0.132. The SMILES string of the molecule is CCOc1ccc(C(O)=C2C(=O)C(=O)N(c3nc4ccc(OC)cc4s3)C2c2ccc(C)o2)cc1. The molecular weight excluding hydrogens is 468 g/mol. The standard InChI is InChI=1S/C26H22N2O6S/c1-4-33-16-8-6-15(7-9-16)23(29)21-22(19-12-5-14(2)34-19)28(25(31)24(21)30)26-27-18-11-10-17(32-3)13-20(18)35-26/h5-13,22,29H,4H2,1-3H3. The van der Waals surface area contributed by atoms with Crippen molar-refractivity contribution in [2.24, 2.45) is 0 Å². The van der Waals surface area contributed by atoms with Gasteiger partial charge in [0.15, 0.2) is 5.13 Å². The number of thiazole rings is 1. The number of Topliss-reactive ketones (excluding diaryl/α,β-unsaturated/α-hetero) is 1. The maximum atomic E-state index is 13.3. The Morgan fingerprint density at radius 1 is 1.11 bits per heavy atom. The Morgan fingerprint density at radius 3 is 2.51 bits per heavy atom. The normalized spacial score (nSPS) is 17.3. The van der Waals surface area contributed by atoms with E-state index in [0.717, 1.165) is 4.70 Å². The van der Waals surface area contributed by atoms with E-state index in [9.17, 15) is 14.7 Å². The summed E-state index contributed by atoms with van der Waals surface area (Å²) in [5, 5.41) is 11.5. The van der Waals surface area contributed by atoms with Gasteiger partial charge in [0.2, 0.25) is 0 Å². The first kappa shape index (κ1) is 22.7. The van der Waals surface area contributed by atoms with Crippen molar-refractivity contribution in [3.63, 3.8) is 0 Å². The zero-order valence-corrected chi connectivity index (χ0v) is 20.1. The lowest BCUT2D eigenvalue weighted by atomic mass is 9.99. The second-order valence-corrected chi connectivity index (χ2v) is 8.91. The number of carbonyl (C=O) groups is 2. The summed E-state index contributed by atoms with van der Waals surface area (Å²) in [5.74, 6) is 0.355. The predicted molar refractivity (Wildman–Crippen MR) is 132 cm³/mol. The van der Waals surface area contributed by atoms with Crippen molar-refractivity contribution in [1.29, 1.82) is 0 Å². The molecule has 1 N–H and O–H groups in total. The van der Waals surface area contributed by atoms with Crippen molar-refractivity contribution in [1.82, 2.24) is 4.98 Å². The number of aliphatic hydroxyl groups is 1. The fourth-order valence-corrected chi connectivity index (χ4v) is 5.07. The van der Waals surface area contributed by atoms with Gasteiger partial charge in [-0.25, -0.2) is 4.98 Å². The van der Waals surface area contributed by atoms with E-state index < -0.39 is 17.7 Å².